The van der Waals surface area contributed by atoms with E-state index in [9.17, 15) is 17.6 Å². The zero-order chi connectivity index (χ0) is 14.8. The zero-order valence-electron chi connectivity index (χ0n) is 10.7. The Balaban J connectivity index is 3.19. The lowest BCUT2D eigenvalue weighted by atomic mass is 9.94. The van der Waals surface area contributed by atoms with E-state index in [0.717, 1.165) is 12.1 Å². The van der Waals surface area contributed by atoms with Gasteiger partial charge < -0.3 is 5.73 Å². The molecule has 0 spiro atoms. The first-order valence-corrected chi connectivity index (χ1v) is 6.33. The molecule has 0 aromatic heterocycles. The highest BCUT2D eigenvalue weighted by Crippen LogP contribution is 2.38. The SMILES string of the molecule is CC(C)CC[C@H](N)c1c(C(F)(F)F)ccc(Cl)c1F. The van der Waals surface area contributed by atoms with Crippen molar-refractivity contribution < 1.29 is 17.6 Å². The Morgan fingerprint density at radius 2 is 1.79 bits per heavy atom. The minimum Gasteiger partial charge on any atom is -0.324 e. The summed E-state index contributed by atoms with van der Waals surface area (Å²) in [5, 5.41) is -0.344. The van der Waals surface area contributed by atoms with Crippen LogP contribution in [0.2, 0.25) is 5.02 Å². The minimum absolute atomic E-state index is 0.276. The molecule has 0 saturated heterocycles. The number of halogens is 5. The predicted octanol–water partition coefficient (Wildman–Crippen LogP) is 4.93. The summed E-state index contributed by atoms with van der Waals surface area (Å²) in [6.45, 7) is 3.84. The van der Waals surface area contributed by atoms with Crippen LogP contribution in [0.1, 0.15) is 43.9 Å². The number of hydrogen-bond donors (Lipinski definition) is 1. The molecule has 0 unspecified atom stereocenters. The Bertz CT molecular complexity index is 443. The van der Waals surface area contributed by atoms with Crippen molar-refractivity contribution in [2.45, 2.75) is 38.9 Å². The molecule has 2 N–H and O–H groups in total. The summed E-state index contributed by atoms with van der Waals surface area (Å²) in [7, 11) is 0. The van der Waals surface area contributed by atoms with Crippen LogP contribution >= 0.6 is 11.6 Å². The standard InChI is InChI=1S/C13H16ClF4N/c1-7(2)3-6-10(19)11-8(13(16,17)18)4-5-9(14)12(11)15/h4-5,7,10H,3,6,19H2,1-2H3/t10-/m0/s1. The first kappa shape index (κ1) is 16.2. The molecule has 0 bridgehead atoms. The maximum Gasteiger partial charge on any atom is 0.416 e. The van der Waals surface area contributed by atoms with Crippen LogP contribution in [0.15, 0.2) is 12.1 Å². The van der Waals surface area contributed by atoms with E-state index in [1.165, 1.54) is 0 Å². The summed E-state index contributed by atoms with van der Waals surface area (Å²) in [5.41, 5.74) is 4.12. The van der Waals surface area contributed by atoms with E-state index in [2.05, 4.69) is 0 Å². The van der Waals surface area contributed by atoms with Gasteiger partial charge in [-0.3, -0.25) is 0 Å². The summed E-state index contributed by atoms with van der Waals surface area (Å²) in [5.74, 6) is -0.796. The van der Waals surface area contributed by atoms with Crippen LogP contribution in [0.25, 0.3) is 0 Å². The molecule has 108 valence electrons. The molecule has 0 aliphatic carbocycles. The molecule has 1 aromatic rings. The van der Waals surface area contributed by atoms with Crippen molar-refractivity contribution in [1.29, 1.82) is 0 Å². The molecule has 0 heterocycles. The maximum absolute atomic E-state index is 13.9. The summed E-state index contributed by atoms with van der Waals surface area (Å²) < 4.78 is 52.4. The fourth-order valence-electron chi connectivity index (χ4n) is 1.83. The number of hydrogen-bond acceptors (Lipinski definition) is 1. The summed E-state index contributed by atoms with van der Waals surface area (Å²) in [6, 6.07) is 0.659. The van der Waals surface area contributed by atoms with Gasteiger partial charge in [-0.15, -0.1) is 0 Å². The molecule has 0 amide bonds. The van der Waals surface area contributed by atoms with Crippen LogP contribution in [-0.4, -0.2) is 0 Å². The number of rotatable bonds is 4. The number of benzene rings is 1. The van der Waals surface area contributed by atoms with E-state index >= 15 is 0 Å². The molecule has 0 aliphatic rings. The molecule has 1 rings (SSSR count). The van der Waals surface area contributed by atoms with Crippen molar-refractivity contribution in [3.63, 3.8) is 0 Å². The molecule has 0 aliphatic heterocycles. The van der Waals surface area contributed by atoms with Gasteiger partial charge in [0.1, 0.15) is 5.82 Å². The Kier molecular flexibility index (Phi) is 5.21. The van der Waals surface area contributed by atoms with Crippen LogP contribution in [-0.2, 0) is 6.18 Å². The van der Waals surface area contributed by atoms with Gasteiger partial charge in [-0.05, 0) is 30.9 Å². The lowest BCUT2D eigenvalue weighted by molar-refractivity contribution is -0.138. The third-order valence-electron chi connectivity index (χ3n) is 2.86. The van der Waals surface area contributed by atoms with Crippen molar-refractivity contribution in [2.75, 3.05) is 0 Å². The van der Waals surface area contributed by atoms with E-state index in [1.54, 1.807) is 0 Å². The first-order valence-electron chi connectivity index (χ1n) is 5.95. The highest BCUT2D eigenvalue weighted by molar-refractivity contribution is 6.30. The molecule has 6 heteroatoms. The van der Waals surface area contributed by atoms with E-state index in [0.29, 0.717) is 6.42 Å². The topological polar surface area (TPSA) is 26.0 Å². The van der Waals surface area contributed by atoms with E-state index < -0.39 is 29.2 Å². The molecular formula is C13H16ClF4N. The van der Waals surface area contributed by atoms with E-state index in [4.69, 9.17) is 17.3 Å². The van der Waals surface area contributed by atoms with Gasteiger partial charge in [0.2, 0.25) is 0 Å². The first-order chi connectivity index (χ1) is 8.64. The van der Waals surface area contributed by atoms with Crippen LogP contribution in [0.3, 0.4) is 0 Å². The van der Waals surface area contributed by atoms with Crippen LogP contribution in [0, 0.1) is 11.7 Å². The molecule has 1 nitrogen and oxygen atoms in total. The number of nitrogens with two attached hydrogens (primary N) is 1. The fourth-order valence-corrected chi connectivity index (χ4v) is 2.00. The quantitative estimate of drug-likeness (QED) is 0.783. The zero-order valence-corrected chi connectivity index (χ0v) is 11.4. The maximum atomic E-state index is 13.9. The molecule has 0 saturated carbocycles. The third-order valence-corrected chi connectivity index (χ3v) is 3.16. The van der Waals surface area contributed by atoms with Crippen LogP contribution in [0.4, 0.5) is 17.6 Å². The average Bonchev–Trinajstić information content (AvgIpc) is 2.27. The van der Waals surface area contributed by atoms with Gasteiger partial charge in [0.15, 0.2) is 0 Å². The summed E-state index contributed by atoms with van der Waals surface area (Å²) in [6.07, 6.45) is -3.75. The fraction of sp³-hybridized carbons (Fsp3) is 0.538. The molecule has 0 fully saturated rings. The highest BCUT2D eigenvalue weighted by Gasteiger charge is 2.36. The van der Waals surface area contributed by atoms with E-state index in [-0.39, 0.29) is 17.4 Å². The molecule has 1 atom stereocenters. The van der Waals surface area contributed by atoms with Gasteiger partial charge in [-0.25, -0.2) is 4.39 Å². The molecule has 0 radical (unpaired) electrons. The second kappa shape index (κ2) is 6.09. The Labute approximate surface area is 114 Å². The Hall–Kier alpha value is -0.810. The van der Waals surface area contributed by atoms with Crippen molar-refractivity contribution in [1.82, 2.24) is 0 Å². The molecular weight excluding hydrogens is 282 g/mol. The van der Waals surface area contributed by atoms with Gasteiger partial charge >= 0.3 is 6.18 Å². The van der Waals surface area contributed by atoms with Gasteiger partial charge in [0, 0.05) is 11.6 Å². The molecule has 1 aromatic carbocycles. The Morgan fingerprint density at radius 3 is 2.26 bits per heavy atom. The van der Waals surface area contributed by atoms with Crippen molar-refractivity contribution in [3.05, 3.63) is 34.1 Å². The van der Waals surface area contributed by atoms with Crippen LogP contribution in [0.5, 0.6) is 0 Å². The predicted molar refractivity (Wildman–Crippen MR) is 67.4 cm³/mol. The van der Waals surface area contributed by atoms with Crippen LogP contribution < -0.4 is 5.73 Å². The van der Waals surface area contributed by atoms with Crippen molar-refractivity contribution >= 4 is 11.6 Å². The van der Waals surface area contributed by atoms with Gasteiger partial charge in [-0.2, -0.15) is 13.2 Å². The Morgan fingerprint density at radius 1 is 1.21 bits per heavy atom. The minimum atomic E-state index is -4.64. The monoisotopic (exact) mass is 297 g/mol. The smallest absolute Gasteiger partial charge is 0.324 e. The highest BCUT2D eigenvalue weighted by atomic mass is 35.5. The van der Waals surface area contributed by atoms with Crippen molar-refractivity contribution in [3.8, 4) is 0 Å². The third kappa shape index (κ3) is 4.08. The number of alkyl halides is 3. The van der Waals surface area contributed by atoms with Gasteiger partial charge in [0.25, 0.3) is 0 Å². The summed E-state index contributed by atoms with van der Waals surface area (Å²) in [4.78, 5) is 0. The van der Waals surface area contributed by atoms with E-state index in [1.807, 2.05) is 13.8 Å². The molecule has 19 heavy (non-hydrogen) atoms. The normalized spacial score (nSPS) is 13.9. The lowest BCUT2D eigenvalue weighted by Crippen LogP contribution is -2.20. The summed E-state index contributed by atoms with van der Waals surface area (Å²) >= 11 is 5.54. The average molecular weight is 298 g/mol. The second-order valence-electron chi connectivity index (χ2n) is 4.90. The lowest BCUT2D eigenvalue weighted by Gasteiger charge is -2.20. The second-order valence-corrected chi connectivity index (χ2v) is 5.31. The largest absolute Gasteiger partial charge is 0.416 e. The van der Waals surface area contributed by atoms with Gasteiger partial charge in [0.05, 0.1) is 10.6 Å². The van der Waals surface area contributed by atoms with Gasteiger partial charge in [-0.1, -0.05) is 25.4 Å². The van der Waals surface area contributed by atoms with Crippen molar-refractivity contribution in [2.24, 2.45) is 11.7 Å².